The van der Waals surface area contributed by atoms with Crippen LogP contribution in [0.1, 0.15) is 47.2 Å². The number of hydrogen-bond donors (Lipinski definition) is 0. The average Bonchev–Trinajstić information content (AvgIpc) is 3.40. The van der Waals surface area contributed by atoms with E-state index in [1.54, 1.807) is 0 Å². The molecule has 0 nitrogen and oxygen atoms in total. The van der Waals surface area contributed by atoms with Gasteiger partial charge in [-0.15, -0.1) is 0 Å². The van der Waals surface area contributed by atoms with Crippen LogP contribution in [0.3, 0.4) is 0 Å². The van der Waals surface area contributed by atoms with E-state index < -0.39 is 0 Å². The Morgan fingerprint density at radius 3 is 1.76 bits per heavy atom. The number of rotatable bonds is 5. The molecule has 1 aliphatic rings. The van der Waals surface area contributed by atoms with Gasteiger partial charge in [0, 0.05) is 5.41 Å². The second-order valence-corrected chi connectivity index (χ2v) is 14.2. The molecule has 0 aromatic heterocycles. The molecular weight excluding hydrogens is 601 g/mol. The van der Waals surface area contributed by atoms with E-state index >= 15 is 0 Å². The van der Waals surface area contributed by atoms with Gasteiger partial charge in [-0.3, -0.25) is 0 Å². The predicted molar refractivity (Wildman–Crippen MR) is 214 cm³/mol. The van der Waals surface area contributed by atoms with Gasteiger partial charge >= 0.3 is 0 Å². The van der Waals surface area contributed by atoms with Crippen molar-refractivity contribution >= 4 is 33.2 Å². The van der Waals surface area contributed by atoms with Crippen molar-refractivity contribution in [2.24, 2.45) is 0 Å². The number of benzene rings is 8. The van der Waals surface area contributed by atoms with Crippen molar-refractivity contribution in [3.8, 4) is 33.4 Å². The normalized spacial score (nSPS) is 12.9. The van der Waals surface area contributed by atoms with Crippen LogP contribution in [0.25, 0.3) is 66.6 Å². The summed E-state index contributed by atoms with van der Waals surface area (Å²) in [4.78, 5) is 0. The lowest BCUT2D eigenvalue weighted by Crippen LogP contribution is -2.14. The highest BCUT2D eigenvalue weighted by atomic mass is 14.4. The second kappa shape index (κ2) is 11.9. The van der Waals surface area contributed by atoms with Gasteiger partial charge in [-0.25, -0.2) is 0 Å². The summed E-state index contributed by atoms with van der Waals surface area (Å²) >= 11 is 0. The third-order valence-corrected chi connectivity index (χ3v) is 10.7. The minimum Gasteiger partial charge on any atom is -0.0622 e. The van der Waals surface area contributed by atoms with Crippen LogP contribution < -0.4 is 0 Å². The van der Waals surface area contributed by atoms with Gasteiger partial charge in [-0.2, -0.15) is 0 Å². The first-order valence-electron chi connectivity index (χ1n) is 17.6. The summed E-state index contributed by atoms with van der Waals surface area (Å²) in [7, 11) is 0. The maximum Gasteiger partial charge on any atom is 0.0159 e. The minimum atomic E-state index is -0.0598. The Hall–Kier alpha value is -5.98. The fourth-order valence-electron chi connectivity index (χ4n) is 8.38. The van der Waals surface area contributed by atoms with Gasteiger partial charge in [0.05, 0.1) is 0 Å². The molecule has 0 heterocycles. The lowest BCUT2D eigenvalue weighted by Gasteiger charge is -2.23. The molecule has 0 aliphatic heterocycles. The second-order valence-electron chi connectivity index (χ2n) is 14.2. The lowest BCUT2D eigenvalue weighted by atomic mass is 9.80. The van der Waals surface area contributed by atoms with Crippen molar-refractivity contribution < 1.29 is 0 Å². The molecular formula is C50H38. The van der Waals surface area contributed by atoms with E-state index in [9.17, 15) is 0 Å². The van der Waals surface area contributed by atoms with Gasteiger partial charge in [0.15, 0.2) is 0 Å². The Morgan fingerprint density at radius 1 is 0.440 bits per heavy atom. The van der Waals surface area contributed by atoms with Crippen LogP contribution in [-0.2, 0) is 5.41 Å². The quantitative estimate of drug-likeness (QED) is 0.130. The Kier molecular flexibility index (Phi) is 7.14. The predicted octanol–water partition coefficient (Wildman–Crippen LogP) is 13.5. The van der Waals surface area contributed by atoms with E-state index in [0.29, 0.717) is 0 Å². The summed E-state index contributed by atoms with van der Waals surface area (Å²) < 4.78 is 0. The molecule has 0 fully saturated rings. The van der Waals surface area contributed by atoms with Gasteiger partial charge in [0.2, 0.25) is 0 Å². The highest BCUT2D eigenvalue weighted by Crippen LogP contribution is 2.54. The van der Waals surface area contributed by atoms with E-state index in [4.69, 9.17) is 0 Å². The first-order chi connectivity index (χ1) is 24.5. The van der Waals surface area contributed by atoms with Crippen molar-refractivity contribution in [2.75, 3.05) is 0 Å². The molecule has 0 spiro atoms. The highest BCUT2D eigenvalue weighted by molar-refractivity contribution is 6.23. The standard InChI is InChI=1S/C50H38/c1-33-28-29-40-44(30-33)48(42-25-15-27-46-49(42)41-24-12-13-26-45(41)50(46,2)3)39-23-11-10-22-38(39)47(40)37-21-14-16-34(31-37)32-43(35-17-6-4-7-18-35)36-19-8-5-9-20-36/h4-32H,1-3H3. The third-order valence-electron chi connectivity index (χ3n) is 10.7. The average molecular weight is 639 g/mol. The van der Waals surface area contributed by atoms with Crippen molar-refractivity contribution in [2.45, 2.75) is 26.2 Å². The van der Waals surface area contributed by atoms with Crippen LogP contribution in [0.5, 0.6) is 0 Å². The molecule has 0 saturated carbocycles. The molecule has 0 atom stereocenters. The van der Waals surface area contributed by atoms with E-state index in [-0.39, 0.29) is 5.41 Å². The van der Waals surface area contributed by atoms with Crippen LogP contribution >= 0.6 is 0 Å². The molecule has 0 N–H and O–H groups in total. The van der Waals surface area contributed by atoms with Gasteiger partial charge in [0.25, 0.3) is 0 Å². The molecule has 238 valence electrons. The highest BCUT2D eigenvalue weighted by Gasteiger charge is 2.37. The Bertz CT molecular complexity index is 2560. The Balaban J connectivity index is 1.31. The molecule has 1 aliphatic carbocycles. The molecule has 0 radical (unpaired) electrons. The van der Waals surface area contributed by atoms with Crippen LogP contribution in [0.4, 0.5) is 0 Å². The van der Waals surface area contributed by atoms with Gasteiger partial charge < -0.3 is 0 Å². The first-order valence-corrected chi connectivity index (χ1v) is 17.6. The summed E-state index contributed by atoms with van der Waals surface area (Å²) in [6.45, 7) is 6.95. The maximum absolute atomic E-state index is 2.40. The SMILES string of the molecule is Cc1ccc2c(-c3cccc(C=C(c4ccccc4)c4ccccc4)c3)c3ccccc3c(-c3cccc4c3-c3ccccc3C4(C)C)c2c1. The van der Waals surface area contributed by atoms with Gasteiger partial charge in [-0.05, 0) is 107 Å². The van der Waals surface area contributed by atoms with Crippen molar-refractivity contribution in [3.05, 3.63) is 203 Å². The molecule has 9 rings (SSSR count). The zero-order valence-electron chi connectivity index (χ0n) is 28.7. The summed E-state index contributed by atoms with van der Waals surface area (Å²) in [6.07, 6.45) is 2.34. The topological polar surface area (TPSA) is 0 Å². The van der Waals surface area contributed by atoms with E-state index in [1.807, 2.05) is 0 Å². The van der Waals surface area contributed by atoms with Gasteiger partial charge in [-0.1, -0.05) is 183 Å². The smallest absolute Gasteiger partial charge is 0.0159 e. The van der Waals surface area contributed by atoms with Crippen LogP contribution in [0.2, 0.25) is 0 Å². The third kappa shape index (κ3) is 4.83. The molecule has 0 unspecified atom stereocenters. The number of aryl methyl sites for hydroxylation is 1. The molecule has 8 aromatic carbocycles. The van der Waals surface area contributed by atoms with E-state index in [0.717, 1.165) is 0 Å². The fraction of sp³-hybridized carbons (Fsp3) is 0.0800. The van der Waals surface area contributed by atoms with E-state index in [1.165, 1.54) is 93.9 Å². The summed E-state index contributed by atoms with van der Waals surface area (Å²) in [6, 6.07) is 62.5. The van der Waals surface area contributed by atoms with Crippen LogP contribution in [0, 0.1) is 6.92 Å². The van der Waals surface area contributed by atoms with E-state index in [2.05, 4.69) is 197 Å². The van der Waals surface area contributed by atoms with Crippen LogP contribution in [0.15, 0.2) is 170 Å². The van der Waals surface area contributed by atoms with Gasteiger partial charge in [0.1, 0.15) is 0 Å². The Labute approximate surface area is 295 Å². The monoisotopic (exact) mass is 638 g/mol. The molecule has 0 bridgehead atoms. The van der Waals surface area contributed by atoms with Crippen LogP contribution in [-0.4, -0.2) is 0 Å². The Morgan fingerprint density at radius 2 is 1.02 bits per heavy atom. The van der Waals surface area contributed by atoms with Crippen molar-refractivity contribution in [1.82, 2.24) is 0 Å². The lowest BCUT2D eigenvalue weighted by molar-refractivity contribution is 0.660. The van der Waals surface area contributed by atoms with Crippen molar-refractivity contribution in [3.63, 3.8) is 0 Å². The zero-order chi connectivity index (χ0) is 33.8. The maximum atomic E-state index is 2.40. The number of fused-ring (bicyclic) bond motifs is 5. The molecule has 0 amide bonds. The fourth-order valence-corrected chi connectivity index (χ4v) is 8.38. The minimum absolute atomic E-state index is 0.0598. The summed E-state index contributed by atoms with van der Waals surface area (Å²) in [5.74, 6) is 0. The largest absolute Gasteiger partial charge is 0.0622 e. The first kappa shape index (κ1) is 30.1. The summed E-state index contributed by atoms with van der Waals surface area (Å²) in [5, 5.41) is 5.13. The zero-order valence-corrected chi connectivity index (χ0v) is 28.7. The summed E-state index contributed by atoms with van der Waals surface area (Å²) in [5.41, 5.74) is 16.7. The molecule has 0 heteroatoms. The molecule has 0 saturated heterocycles. The number of hydrogen-bond acceptors (Lipinski definition) is 0. The molecule has 50 heavy (non-hydrogen) atoms. The van der Waals surface area contributed by atoms with Crippen molar-refractivity contribution in [1.29, 1.82) is 0 Å². The molecule has 8 aromatic rings.